The smallest absolute Gasteiger partial charge is 0.243 e. The van der Waals surface area contributed by atoms with Crippen molar-refractivity contribution < 1.29 is 8.42 Å². The summed E-state index contributed by atoms with van der Waals surface area (Å²) in [7, 11) is -3.42. The number of hydrogen-bond acceptors (Lipinski definition) is 5. The Kier molecular flexibility index (Phi) is 3.43. The molecular formula is C13H17N3O2S2. The minimum Gasteiger partial charge on any atom is -0.375 e. The topological polar surface area (TPSA) is 76.3 Å². The first kappa shape index (κ1) is 13.8. The van der Waals surface area contributed by atoms with Crippen LogP contribution in [-0.2, 0) is 10.0 Å². The minimum atomic E-state index is -3.42. The van der Waals surface area contributed by atoms with Gasteiger partial charge in [-0.1, -0.05) is 17.8 Å². The van der Waals surface area contributed by atoms with Crippen LogP contribution in [0.15, 0.2) is 23.1 Å². The summed E-state index contributed by atoms with van der Waals surface area (Å²) in [4.78, 5) is 4.49. The standard InChI is InChI=1S/C13H17N3O2S2/c1-9-4-2-3-7-16(9)20(17,18)10-5-6-11-12(8-10)19-13(14)15-11/h5-6,8-9H,2-4,7H2,1H3,(H2,14,15)/t9-/m1/s1. The molecule has 0 amide bonds. The fourth-order valence-electron chi connectivity index (χ4n) is 2.65. The molecule has 2 N–H and O–H groups in total. The number of nitrogen functional groups attached to an aromatic ring is 1. The Balaban J connectivity index is 2.03. The summed E-state index contributed by atoms with van der Waals surface area (Å²) in [5.41, 5.74) is 6.41. The number of nitrogens with two attached hydrogens (primary N) is 1. The summed E-state index contributed by atoms with van der Waals surface area (Å²) in [5.74, 6) is 0. The first-order valence-electron chi connectivity index (χ1n) is 6.66. The van der Waals surface area contributed by atoms with Gasteiger partial charge in [-0.2, -0.15) is 4.31 Å². The molecule has 1 aliphatic rings. The lowest BCUT2D eigenvalue weighted by Crippen LogP contribution is -2.41. The molecule has 1 aromatic carbocycles. The molecular weight excluding hydrogens is 294 g/mol. The molecule has 1 atom stereocenters. The highest BCUT2D eigenvalue weighted by atomic mass is 32.2. The van der Waals surface area contributed by atoms with Crippen molar-refractivity contribution in [1.29, 1.82) is 0 Å². The average molecular weight is 311 g/mol. The first-order valence-corrected chi connectivity index (χ1v) is 8.92. The first-order chi connectivity index (χ1) is 9.48. The molecule has 2 heterocycles. The third-order valence-corrected chi connectivity index (χ3v) is 6.58. The van der Waals surface area contributed by atoms with E-state index in [4.69, 9.17) is 5.73 Å². The monoisotopic (exact) mass is 311 g/mol. The van der Waals surface area contributed by atoms with Crippen LogP contribution in [0.2, 0.25) is 0 Å². The fraction of sp³-hybridized carbons (Fsp3) is 0.462. The lowest BCUT2D eigenvalue weighted by atomic mass is 10.1. The van der Waals surface area contributed by atoms with Gasteiger partial charge in [-0.15, -0.1) is 0 Å². The van der Waals surface area contributed by atoms with Crippen molar-refractivity contribution >= 4 is 36.7 Å². The quantitative estimate of drug-likeness (QED) is 0.924. The molecule has 0 saturated carbocycles. The predicted molar refractivity (Wildman–Crippen MR) is 81.2 cm³/mol. The second-order valence-corrected chi connectivity index (χ2v) is 8.09. The number of sulfonamides is 1. The number of fused-ring (bicyclic) bond motifs is 1. The highest BCUT2D eigenvalue weighted by molar-refractivity contribution is 7.89. The molecule has 5 nitrogen and oxygen atoms in total. The highest BCUT2D eigenvalue weighted by Gasteiger charge is 2.31. The van der Waals surface area contributed by atoms with Gasteiger partial charge >= 0.3 is 0 Å². The van der Waals surface area contributed by atoms with Gasteiger partial charge in [0.2, 0.25) is 10.0 Å². The molecule has 0 unspecified atom stereocenters. The maximum atomic E-state index is 12.7. The van der Waals surface area contributed by atoms with Crippen LogP contribution in [0.1, 0.15) is 26.2 Å². The van der Waals surface area contributed by atoms with Gasteiger partial charge in [0.1, 0.15) is 0 Å². The zero-order valence-electron chi connectivity index (χ0n) is 11.2. The number of anilines is 1. The van der Waals surface area contributed by atoms with Crippen molar-refractivity contribution in [3.05, 3.63) is 18.2 Å². The van der Waals surface area contributed by atoms with Gasteiger partial charge < -0.3 is 5.73 Å². The van der Waals surface area contributed by atoms with Gasteiger partial charge in [0.25, 0.3) is 0 Å². The van der Waals surface area contributed by atoms with E-state index in [1.54, 1.807) is 22.5 Å². The van der Waals surface area contributed by atoms with Crippen LogP contribution in [0.25, 0.3) is 10.2 Å². The van der Waals surface area contributed by atoms with Gasteiger partial charge in [-0.05, 0) is 38.0 Å². The van der Waals surface area contributed by atoms with Crippen LogP contribution >= 0.6 is 11.3 Å². The third-order valence-electron chi connectivity index (χ3n) is 3.73. The van der Waals surface area contributed by atoms with E-state index >= 15 is 0 Å². The Labute approximate surface area is 122 Å². The van der Waals surface area contributed by atoms with E-state index in [0.717, 1.165) is 29.5 Å². The Bertz CT molecular complexity index is 739. The summed E-state index contributed by atoms with van der Waals surface area (Å²) in [6, 6.07) is 5.10. The van der Waals surface area contributed by atoms with Crippen molar-refractivity contribution in [3.63, 3.8) is 0 Å². The van der Waals surface area contributed by atoms with Crippen LogP contribution in [0.4, 0.5) is 5.13 Å². The summed E-state index contributed by atoms with van der Waals surface area (Å²) < 4.78 is 27.9. The maximum Gasteiger partial charge on any atom is 0.243 e. The van der Waals surface area contributed by atoms with E-state index in [1.165, 1.54) is 11.3 Å². The largest absolute Gasteiger partial charge is 0.375 e. The van der Waals surface area contributed by atoms with E-state index in [0.29, 0.717) is 16.6 Å². The average Bonchev–Trinajstić information content (AvgIpc) is 2.78. The Hall–Kier alpha value is -1.18. The number of aromatic nitrogens is 1. The molecule has 1 aliphatic heterocycles. The van der Waals surface area contributed by atoms with Gasteiger partial charge in [-0.25, -0.2) is 13.4 Å². The molecule has 0 spiro atoms. The maximum absolute atomic E-state index is 12.7. The normalized spacial score (nSPS) is 21.4. The van der Waals surface area contributed by atoms with Crippen LogP contribution in [-0.4, -0.2) is 30.3 Å². The van der Waals surface area contributed by atoms with Crippen LogP contribution in [0.3, 0.4) is 0 Å². The lowest BCUT2D eigenvalue weighted by Gasteiger charge is -2.32. The van der Waals surface area contributed by atoms with Gasteiger partial charge in [-0.3, -0.25) is 0 Å². The predicted octanol–water partition coefficient (Wildman–Crippen LogP) is 2.44. The molecule has 3 rings (SSSR count). The Morgan fingerprint density at radius 1 is 1.40 bits per heavy atom. The van der Waals surface area contributed by atoms with Crippen molar-refractivity contribution in [2.24, 2.45) is 0 Å². The Morgan fingerprint density at radius 2 is 2.20 bits per heavy atom. The minimum absolute atomic E-state index is 0.0657. The molecule has 0 bridgehead atoms. The zero-order valence-corrected chi connectivity index (χ0v) is 12.9. The SMILES string of the molecule is C[C@@H]1CCCCN1S(=O)(=O)c1ccc2nc(N)sc2c1. The zero-order chi connectivity index (χ0) is 14.3. The van der Waals surface area contributed by atoms with E-state index < -0.39 is 10.0 Å². The number of benzene rings is 1. The number of nitrogens with zero attached hydrogens (tertiary/aromatic N) is 2. The third kappa shape index (κ3) is 2.30. The summed E-state index contributed by atoms with van der Waals surface area (Å²) in [6.07, 6.45) is 2.95. The molecule has 2 aromatic rings. The van der Waals surface area contributed by atoms with Crippen molar-refractivity contribution in [1.82, 2.24) is 9.29 Å². The van der Waals surface area contributed by atoms with Crippen LogP contribution in [0, 0.1) is 0 Å². The highest BCUT2D eigenvalue weighted by Crippen LogP contribution is 2.30. The Morgan fingerprint density at radius 3 is 2.95 bits per heavy atom. The molecule has 108 valence electrons. The van der Waals surface area contributed by atoms with Crippen molar-refractivity contribution in [3.8, 4) is 0 Å². The second kappa shape index (κ2) is 4.98. The molecule has 1 aromatic heterocycles. The van der Waals surface area contributed by atoms with Crippen LogP contribution in [0.5, 0.6) is 0 Å². The van der Waals surface area contributed by atoms with Crippen molar-refractivity contribution in [2.45, 2.75) is 37.1 Å². The summed E-state index contributed by atoms with van der Waals surface area (Å²) >= 11 is 1.31. The molecule has 1 saturated heterocycles. The van der Waals surface area contributed by atoms with E-state index in [9.17, 15) is 8.42 Å². The van der Waals surface area contributed by atoms with Crippen molar-refractivity contribution in [2.75, 3.05) is 12.3 Å². The van der Waals surface area contributed by atoms with E-state index in [1.807, 2.05) is 6.92 Å². The summed E-state index contributed by atoms with van der Waals surface area (Å²) in [6.45, 7) is 2.58. The molecule has 0 aliphatic carbocycles. The van der Waals surface area contributed by atoms with E-state index in [2.05, 4.69) is 4.98 Å². The molecule has 0 radical (unpaired) electrons. The fourth-order valence-corrected chi connectivity index (χ4v) is 5.22. The summed E-state index contributed by atoms with van der Waals surface area (Å²) in [5, 5.41) is 0.459. The van der Waals surface area contributed by atoms with Gasteiger partial charge in [0.15, 0.2) is 5.13 Å². The number of thiazole rings is 1. The molecule has 20 heavy (non-hydrogen) atoms. The van der Waals surface area contributed by atoms with Gasteiger partial charge in [0.05, 0.1) is 15.1 Å². The molecule has 1 fully saturated rings. The van der Waals surface area contributed by atoms with Crippen LogP contribution < -0.4 is 5.73 Å². The van der Waals surface area contributed by atoms with Gasteiger partial charge in [0, 0.05) is 12.6 Å². The lowest BCUT2D eigenvalue weighted by molar-refractivity contribution is 0.268. The van der Waals surface area contributed by atoms with E-state index in [-0.39, 0.29) is 6.04 Å². The number of hydrogen-bond donors (Lipinski definition) is 1. The number of rotatable bonds is 2. The molecule has 7 heteroatoms. The number of piperidine rings is 1. The second-order valence-electron chi connectivity index (χ2n) is 5.14.